The van der Waals surface area contributed by atoms with E-state index < -0.39 is 0 Å². The first-order chi connectivity index (χ1) is 6.18. The van der Waals surface area contributed by atoms with E-state index in [4.69, 9.17) is 9.52 Å². The van der Waals surface area contributed by atoms with Crippen LogP contribution in [0.4, 0.5) is 0 Å². The summed E-state index contributed by atoms with van der Waals surface area (Å²) in [5.74, 6) is 0.817. The van der Waals surface area contributed by atoms with Crippen molar-refractivity contribution in [1.82, 2.24) is 10.3 Å². The quantitative estimate of drug-likeness (QED) is 0.714. The Kier molecular flexibility index (Phi) is 3.92. The summed E-state index contributed by atoms with van der Waals surface area (Å²) in [6.45, 7) is 4.48. The Morgan fingerprint density at radius 2 is 2.38 bits per heavy atom. The predicted molar refractivity (Wildman–Crippen MR) is 49.1 cm³/mol. The maximum absolute atomic E-state index is 9.10. The molecule has 0 spiro atoms. The Balaban J connectivity index is 2.19. The van der Waals surface area contributed by atoms with Crippen LogP contribution >= 0.6 is 0 Å². The third kappa shape index (κ3) is 4.05. The van der Waals surface area contributed by atoms with E-state index in [-0.39, 0.29) is 12.1 Å². The number of aliphatic hydroxyl groups is 1. The molecule has 4 nitrogen and oxygen atoms in total. The fraction of sp³-hybridized carbons (Fsp3) is 0.667. The third-order valence-corrected chi connectivity index (χ3v) is 1.80. The molecule has 0 radical (unpaired) electrons. The van der Waals surface area contributed by atoms with Crippen molar-refractivity contribution in [2.75, 3.05) is 0 Å². The molecule has 0 amide bonds. The maximum Gasteiger partial charge on any atom is 0.180 e. The molecule has 2 atom stereocenters. The predicted octanol–water partition coefficient (Wildman–Crippen LogP) is 0.924. The van der Waals surface area contributed by atoms with E-state index in [1.165, 1.54) is 6.39 Å². The molecule has 1 rings (SSSR count). The van der Waals surface area contributed by atoms with E-state index in [9.17, 15) is 0 Å². The van der Waals surface area contributed by atoms with Gasteiger partial charge in [0.1, 0.15) is 5.76 Å². The number of aromatic nitrogens is 1. The number of oxazole rings is 1. The van der Waals surface area contributed by atoms with Gasteiger partial charge in [-0.1, -0.05) is 0 Å². The lowest BCUT2D eigenvalue weighted by Crippen LogP contribution is -2.28. The summed E-state index contributed by atoms with van der Waals surface area (Å²) in [6, 6.07) is 0.282. The van der Waals surface area contributed by atoms with Gasteiger partial charge >= 0.3 is 0 Å². The largest absolute Gasteiger partial charge is 0.447 e. The molecule has 0 aliphatic rings. The highest BCUT2D eigenvalue weighted by Gasteiger charge is 2.05. The molecule has 0 saturated carbocycles. The molecule has 2 N–H and O–H groups in total. The van der Waals surface area contributed by atoms with Crippen molar-refractivity contribution < 1.29 is 9.52 Å². The highest BCUT2D eigenvalue weighted by atomic mass is 16.3. The molecule has 0 bridgehead atoms. The average Bonchev–Trinajstić information content (AvgIpc) is 2.51. The Hall–Kier alpha value is -0.870. The number of hydrogen-bond donors (Lipinski definition) is 2. The van der Waals surface area contributed by atoms with Gasteiger partial charge in [0.05, 0.1) is 18.8 Å². The zero-order valence-corrected chi connectivity index (χ0v) is 8.03. The molecule has 1 aromatic heterocycles. The fourth-order valence-electron chi connectivity index (χ4n) is 1.20. The Labute approximate surface area is 78.0 Å². The molecule has 0 fully saturated rings. The van der Waals surface area contributed by atoms with Gasteiger partial charge in [0, 0.05) is 6.04 Å². The van der Waals surface area contributed by atoms with Gasteiger partial charge in [0.2, 0.25) is 0 Å². The van der Waals surface area contributed by atoms with Gasteiger partial charge in [0.15, 0.2) is 6.39 Å². The van der Waals surface area contributed by atoms with Crippen LogP contribution in [0.1, 0.15) is 26.0 Å². The van der Waals surface area contributed by atoms with Gasteiger partial charge in [-0.15, -0.1) is 0 Å². The molecule has 2 unspecified atom stereocenters. The summed E-state index contributed by atoms with van der Waals surface area (Å²) >= 11 is 0. The van der Waals surface area contributed by atoms with Crippen LogP contribution in [0.15, 0.2) is 17.0 Å². The monoisotopic (exact) mass is 184 g/mol. The Bertz CT molecular complexity index is 222. The summed E-state index contributed by atoms with van der Waals surface area (Å²) in [4.78, 5) is 3.81. The van der Waals surface area contributed by atoms with Crippen LogP contribution in [0, 0.1) is 0 Å². The van der Waals surface area contributed by atoms with Crippen molar-refractivity contribution in [3.8, 4) is 0 Å². The first-order valence-electron chi connectivity index (χ1n) is 4.47. The summed E-state index contributed by atoms with van der Waals surface area (Å²) < 4.78 is 5.05. The second kappa shape index (κ2) is 4.99. The van der Waals surface area contributed by atoms with Crippen LogP contribution in [-0.2, 0) is 6.54 Å². The molecule has 0 saturated heterocycles. The minimum atomic E-state index is -0.266. The van der Waals surface area contributed by atoms with E-state index in [1.54, 1.807) is 13.1 Å². The molecular formula is C9H16N2O2. The minimum absolute atomic E-state index is 0.266. The van der Waals surface area contributed by atoms with Crippen LogP contribution in [0.5, 0.6) is 0 Å². The van der Waals surface area contributed by atoms with Gasteiger partial charge in [-0.2, -0.15) is 0 Å². The summed E-state index contributed by atoms with van der Waals surface area (Å²) in [5.41, 5.74) is 0. The molecule has 0 aliphatic carbocycles. The zero-order chi connectivity index (χ0) is 9.68. The Morgan fingerprint density at radius 3 is 2.92 bits per heavy atom. The molecule has 0 aliphatic heterocycles. The lowest BCUT2D eigenvalue weighted by atomic mass is 10.1. The van der Waals surface area contributed by atoms with E-state index in [0.29, 0.717) is 6.54 Å². The maximum atomic E-state index is 9.10. The van der Waals surface area contributed by atoms with Gasteiger partial charge in [-0.3, -0.25) is 0 Å². The van der Waals surface area contributed by atoms with E-state index in [2.05, 4.69) is 10.3 Å². The highest BCUT2D eigenvalue weighted by Crippen LogP contribution is 2.00. The van der Waals surface area contributed by atoms with E-state index in [1.807, 2.05) is 6.92 Å². The standard InChI is InChI=1S/C9H16N2O2/c1-7(3-8(2)12)11-5-9-4-10-6-13-9/h4,6-8,11-12H,3,5H2,1-2H3. The topological polar surface area (TPSA) is 58.3 Å². The molecule has 0 aromatic carbocycles. The van der Waals surface area contributed by atoms with Crippen LogP contribution in [0.2, 0.25) is 0 Å². The number of rotatable bonds is 5. The van der Waals surface area contributed by atoms with Crippen molar-refractivity contribution >= 4 is 0 Å². The van der Waals surface area contributed by atoms with Crippen LogP contribution in [0.3, 0.4) is 0 Å². The smallest absolute Gasteiger partial charge is 0.180 e. The normalized spacial score (nSPS) is 15.6. The molecule has 74 valence electrons. The first kappa shape index (κ1) is 10.2. The second-order valence-corrected chi connectivity index (χ2v) is 3.33. The number of aliphatic hydroxyl groups excluding tert-OH is 1. The molecule has 4 heteroatoms. The molecule has 13 heavy (non-hydrogen) atoms. The van der Waals surface area contributed by atoms with E-state index >= 15 is 0 Å². The van der Waals surface area contributed by atoms with Crippen molar-refractivity contribution in [3.63, 3.8) is 0 Å². The number of hydrogen-bond acceptors (Lipinski definition) is 4. The van der Waals surface area contributed by atoms with Crippen molar-refractivity contribution in [1.29, 1.82) is 0 Å². The van der Waals surface area contributed by atoms with Crippen molar-refractivity contribution in [3.05, 3.63) is 18.4 Å². The van der Waals surface area contributed by atoms with Crippen LogP contribution < -0.4 is 5.32 Å². The van der Waals surface area contributed by atoms with Crippen LogP contribution in [0.25, 0.3) is 0 Å². The van der Waals surface area contributed by atoms with Gasteiger partial charge in [0.25, 0.3) is 0 Å². The van der Waals surface area contributed by atoms with Gasteiger partial charge in [-0.25, -0.2) is 4.98 Å². The zero-order valence-electron chi connectivity index (χ0n) is 8.03. The van der Waals surface area contributed by atoms with Gasteiger partial charge in [-0.05, 0) is 20.3 Å². The minimum Gasteiger partial charge on any atom is -0.447 e. The summed E-state index contributed by atoms with van der Waals surface area (Å²) in [5, 5.41) is 12.3. The molecule has 1 aromatic rings. The average molecular weight is 184 g/mol. The molecule has 1 heterocycles. The third-order valence-electron chi connectivity index (χ3n) is 1.80. The Morgan fingerprint density at radius 1 is 1.62 bits per heavy atom. The fourth-order valence-corrected chi connectivity index (χ4v) is 1.20. The first-order valence-corrected chi connectivity index (χ1v) is 4.47. The SMILES string of the molecule is CC(O)CC(C)NCc1cnco1. The van der Waals surface area contributed by atoms with Gasteiger partial charge < -0.3 is 14.8 Å². The van der Waals surface area contributed by atoms with Crippen LogP contribution in [-0.4, -0.2) is 22.2 Å². The van der Waals surface area contributed by atoms with Crippen molar-refractivity contribution in [2.45, 2.75) is 39.0 Å². The lowest BCUT2D eigenvalue weighted by molar-refractivity contribution is 0.170. The highest BCUT2D eigenvalue weighted by molar-refractivity contribution is 4.87. The summed E-state index contributed by atoms with van der Waals surface area (Å²) in [7, 11) is 0. The lowest BCUT2D eigenvalue weighted by Gasteiger charge is -2.13. The summed E-state index contributed by atoms with van der Waals surface area (Å²) in [6.07, 6.45) is 3.57. The molecular weight excluding hydrogens is 168 g/mol. The second-order valence-electron chi connectivity index (χ2n) is 3.33. The number of nitrogens with one attached hydrogen (secondary N) is 1. The number of nitrogens with zero attached hydrogens (tertiary/aromatic N) is 1. The van der Waals surface area contributed by atoms with Crippen molar-refractivity contribution in [2.24, 2.45) is 0 Å². The van der Waals surface area contributed by atoms with E-state index in [0.717, 1.165) is 12.2 Å².